The highest BCUT2D eigenvalue weighted by Crippen LogP contribution is 2.32. The molecule has 0 bridgehead atoms. The fourth-order valence-corrected chi connectivity index (χ4v) is 5.40. The standard InChI is InChI=1S/C27H36N6O2/c1-27(2,26(35)30-22-14-21(28)15-22)33-10-8-32(9-11-33)23-13-20(16-29-17-23)18-4-6-24-19(12-18)5-7-25(34)31(24)3/h4,6,12-13,16-17,21-22H,5,7-11,14-15,28H2,1-3H3,(H,30,35). The van der Waals surface area contributed by atoms with E-state index in [1.807, 2.05) is 39.4 Å². The molecule has 5 rings (SSSR count). The lowest BCUT2D eigenvalue weighted by atomic mass is 9.86. The van der Waals surface area contributed by atoms with Crippen LogP contribution in [0.15, 0.2) is 36.7 Å². The number of fused-ring (bicyclic) bond motifs is 1. The number of nitrogens with zero attached hydrogens (tertiary/aromatic N) is 4. The molecule has 1 aromatic carbocycles. The highest BCUT2D eigenvalue weighted by molar-refractivity contribution is 5.96. The molecular weight excluding hydrogens is 440 g/mol. The molecule has 1 aromatic heterocycles. The number of nitrogens with two attached hydrogens (primary N) is 1. The lowest BCUT2D eigenvalue weighted by Gasteiger charge is -2.45. The normalized spacial score (nSPS) is 23.0. The lowest BCUT2D eigenvalue weighted by molar-refractivity contribution is -0.133. The number of carbonyl (C=O) groups is 2. The number of carbonyl (C=O) groups excluding carboxylic acids is 2. The summed E-state index contributed by atoms with van der Waals surface area (Å²) in [5.74, 6) is 0.257. The Morgan fingerprint density at radius 3 is 2.51 bits per heavy atom. The molecule has 0 spiro atoms. The number of aromatic nitrogens is 1. The number of benzene rings is 1. The second-order valence-electron chi connectivity index (χ2n) is 10.7. The molecule has 1 saturated carbocycles. The van der Waals surface area contributed by atoms with Crippen LogP contribution in [0.25, 0.3) is 11.1 Å². The molecule has 3 heterocycles. The molecule has 186 valence electrons. The summed E-state index contributed by atoms with van der Waals surface area (Å²) in [4.78, 5) is 35.8. The minimum Gasteiger partial charge on any atom is -0.368 e. The van der Waals surface area contributed by atoms with Crippen LogP contribution in [0, 0.1) is 0 Å². The average Bonchev–Trinajstić information content (AvgIpc) is 2.85. The van der Waals surface area contributed by atoms with Gasteiger partial charge in [-0.15, -0.1) is 0 Å². The molecule has 2 amide bonds. The van der Waals surface area contributed by atoms with Crippen LogP contribution in [0.1, 0.15) is 38.7 Å². The van der Waals surface area contributed by atoms with Crippen molar-refractivity contribution in [2.75, 3.05) is 43.0 Å². The van der Waals surface area contributed by atoms with E-state index in [1.165, 1.54) is 5.56 Å². The van der Waals surface area contributed by atoms with Crippen molar-refractivity contribution < 1.29 is 9.59 Å². The Morgan fingerprint density at radius 2 is 1.80 bits per heavy atom. The van der Waals surface area contributed by atoms with Gasteiger partial charge in [-0.2, -0.15) is 0 Å². The summed E-state index contributed by atoms with van der Waals surface area (Å²) >= 11 is 0. The second kappa shape index (κ2) is 9.24. The van der Waals surface area contributed by atoms with Gasteiger partial charge in [-0.05, 0) is 62.4 Å². The van der Waals surface area contributed by atoms with Crippen molar-refractivity contribution in [3.63, 3.8) is 0 Å². The van der Waals surface area contributed by atoms with Crippen molar-refractivity contribution in [3.8, 4) is 11.1 Å². The molecule has 0 atom stereocenters. The summed E-state index contributed by atoms with van der Waals surface area (Å²) in [6.07, 6.45) is 6.90. The smallest absolute Gasteiger partial charge is 0.240 e. The SMILES string of the molecule is CN1C(=O)CCc2cc(-c3cncc(N4CCN(C(C)(C)C(=O)NC5CC(N)C5)CC4)c3)ccc21. The van der Waals surface area contributed by atoms with E-state index in [-0.39, 0.29) is 23.9 Å². The summed E-state index contributed by atoms with van der Waals surface area (Å²) in [7, 11) is 1.84. The van der Waals surface area contributed by atoms with Crippen LogP contribution < -0.4 is 20.9 Å². The van der Waals surface area contributed by atoms with Crippen molar-refractivity contribution in [2.24, 2.45) is 5.73 Å². The zero-order valence-corrected chi connectivity index (χ0v) is 21.0. The Labute approximate surface area is 207 Å². The number of aryl methyl sites for hydroxylation is 1. The molecule has 1 saturated heterocycles. The highest BCUT2D eigenvalue weighted by atomic mass is 16.2. The van der Waals surface area contributed by atoms with Gasteiger partial charge in [0.15, 0.2) is 0 Å². The van der Waals surface area contributed by atoms with Crippen LogP contribution in [0.3, 0.4) is 0 Å². The Hall–Kier alpha value is -2.97. The largest absolute Gasteiger partial charge is 0.368 e. The number of nitrogens with one attached hydrogen (secondary N) is 1. The zero-order valence-electron chi connectivity index (χ0n) is 21.0. The van der Waals surface area contributed by atoms with Gasteiger partial charge in [-0.1, -0.05) is 6.07 Å². The predicted octanol–water partition coefficient (Wildman–Crippen LogP) is 2.16. The molecule has 1 aliphatic carbocycles. The van der Waals surface area contributed by atoms with E-state index in [4.69, 9.17) is 5.73 Å². The number of rotatable bonds is 5. The number of piperazine rings is 1. The monoisotopic (exact) mass is 476 g/mol. The summed E-state index contributed by atoms with van der Waals surface area (Å²) in [5.41, 5.74) is 10.8. The summed E-state index contributed by atoms with van der Waals surface area (Å²) in [6, 6.07) is 8.94. The molecule has 8 heteroatoms. The molecule has 0 radical (unpaired) electrons. The van der Waals surface area contributed by atoms with Gasteiger partial charge in [0, 0.05) is 69.2 Å². The van der Waals surface area contributed by atoms with Crippen LogP contribution in [0.4, 0.5) is 11.4 Å². The average molecular weight is 477 g/mol. The number of amides is 2. The van der Waals surface area contributed by atoms with Crippen LogP contribution in [0.2, 0.25) is 0 Å². The highest BCUT2D eigenvalue weighted by Gasteiger charge is 2.39. The van der Waals surface area contributed by atoms with Gasteiger partial charge in [0.2, 0.25) is 11.8 Å². The molecule has 8 nitrogen and oxygen atoms in total. The van der Waals surface area contributed by atoms with E-state index >= 15 is 0 Å². The van der Waals surface area contributed by atoms with Crippen LogP contribution >= 0.6 is 0 Å². The first-order chi connectivity index (χ1) is 16.7. The fourth-order valence-electron chi connectivity index (χ4n) is 5.40. The molecule has 35 heavy (non-hydrogen) atoms. The maximum atomic E-state index is 12.9. The number of hydrogen-bond acceptors (Lipinski definition) is 6. The second-order valence-corrected chi connectivity index (χ2v) is 10.7. The molecule has 2 fully saturated rings. The number of hydrogen-bond donors (Lipinski definition) is 2. The summed E-state index contributed by atoms with van der Waals surface area (Å²) < 4.78 is 0. The van der Waals surface area contributed by atoms with E-state index in [2.05, 4.69) is 38.3 Å². The van der Waals surface area contributed by atoms with Gasteiger partial charge in [-0.3, -0.25) is 19.5 Å². The third-order valence-electron chi connectivity index (χ3n) is 7.98. The lowest BCUT2D eigenvalue weighted by Crippen LogP contribution is -2.63. The van der Waals surface area contributed by atoms with Gasteiger partial charge < -0.3 is 20.9 Å². The van der Waals surface area contributed by atoms with Gasteiger partial charge in [-0.25, -0.2) is 0 Å². The van der Waals surface area contributed by atoms with Gasteiger partial charge in [0.1, 0.15) is 0 Å². The maximum absolute atomic E-state index is 12.9. The van der Waals surface area contributed by atoms with E-state index in [9.17, 15) is 9.59 Å². The Balaban J connectivity index is 1.24. The first-order valence-electron chi connectivity index (χ1n) is 12.6. The van der Waals surface area contributed by atoms with Crippen molar-refractivity contribution in [1.29, 1.82) is 0 Å². The molecule has 3 N–H and O–H groups in total. The Bertz CT molecular complexity index is 1120. The minimum absolute atomic E-state index is 0.0891. The van der Waals surface area contributed by atoms with E-state index < -0.39 is 5.54 Å². The first kappa shape index (κ1) is 23.8. The predicted molar refractivity (Wildman–Crippen MR) is 138 cm³/mol. The van der Waals surface area contributed by atoms with Crippen molar-refractivity contribution in [2.45, 2.75) is 57.2 Å². The maximum Gasteiger partial charge on any atom is 0.240 e. The van der Waals surface area contributed by atoms with Crippen LogP contribution in [-0.4, -0.2) is 72.5 Å². The van der Waals surface area contributed by atoms with Crippen molar-refractivity contribution in [3.05, 3.63) is 42.2 Å². The minimum atomic E-state index is -0.552. The van der Waals surface area contributed by atoms with Gasteiger partial charge >= 0.3 is 0 Å². The van der Waals surface area contributed by atoms with Gasteiger partial charge in [0.05, 0.1) is 17.4 Å². The number of anilines is 2. The summed E-state index contributed by atoms with van der Waals surface area (Å²) in [5, 5.41) is 3.17. The Kier molecular flexibility index (Phi) is 6.27. The third kappa shape index (κ3) is 4.65. The van der Waals surface area contributed by atoms with Crippen molar-refractivity contribution >= 4 is 23.2 Å². The van der Waals surface area contributed by atoms with Crippen LogP contribution in [0.5, 0.6) is 0 Å². The van der Waals surface area contributed by atoms with E-state index in [0.717, 1.165) is 67.9 Å². The van der Waals surface area contributed by atoms with Crippen molar-refractivity contribution in [1.82, 2.24) is 15.2 Å². The van der Waals surface area contributed by atoms with E-state index in [0.29, 0.717) is 6.42 Å². The molecule has 2 aromatic rings. The topological polar surface area (TPSA) is 94.8 Å². The van der Waals surface area contributed by atoms with E-state index in [1.54, 1.807) is 4.90 Å². The van der Waals surface area contributed by atoms with Gasteiger partial charge in [0.25, 0.3) is 0 Å². The number of pyridine rings is 1. The fraction of sp³-hybridized carbons (Fsp3) is 0.519. The molecular formula is C27H36N6O2. The summed E-state index contributed by atoms with van der Waals surface area (Å²) in [6.45, 7) is 7.34. The molecule has 0 unspecified atom stereocenters. The zero-order chi connectivity index (χ0) is 24.7. The quantitative estimate of drug-likeness (QED) is 0.687. The first-order valence-corrected chi connectivity index (χ1v) is 12.6. The van der Waals surface area contributed by atoms with Crippen LogP contribution in [-0.2, 0) is 16.0 Å². The molecule has 3 aliphatic rings. The third-order valence-corrected chi connectivity index (χ3v) is 7.98. The Morgan fingerprint density at radius 1 is 1.06 bits per heavy atom. The molecule has 2 aliphatic heterocycles.